The summed E-state index contributed by atoms with van der Waals surface area (Å²) in [6.45, 7) is 6.66. The molecule has 0 aliphatic carbocycles. The maximum Gasteiger partial charge on any atom is 0.311 e. The summed E-state index contributed by atoms with van der Waals surface area (Å²) < 4.78 is 5.12. The highest BCUT2D eigenvalue weighted by atomic mass is 16.5. The molecule has 0 aromatic carbocycles. The van der Waals surface area contributed by atoms with Gasteiger partial charge in [0.25, 0.3) is 0 Å². The summed E-state index contributed by atoms with van der Waals surface area (Å²) in [6, 6.07) is 0. The molecule has 0 aromatic heterocycles. The molecule has 0 aliphatic rings. The van der Waals surface area contributed by atoms with Crippen LogP contribution in [-0.4, -0.2) is 24.8 Å². The number of hydrogen-bond donors (Lipinski definition) is 1. The molecule has 0 spiro atoms. The zero-order chi connectivity index (χ0) is 12.6. The second-order valence-electron chi connectivity index (χ2n) is 5.05. The van der Waals surface area contributed by atoms with E-state index in [0.29, 0.717) is 18.9 Å². The topological polar surface area (TPSA) is 46.5 Å². The lowest BCUT2D eigenvalue weighted by Crippen LogP contribution is -2.36. The van der Waals surface area contributed by atoms with E-state index in [9.17, 15) is 9.90 Å². The van der Waals surface area contributed by atoms with Crippen molar-refractivity contribution >= 4 is 5.97 Å². The number of rotatable bonds is 9. The van der Waals surface area contributed by atoms with Crippen LogP contribution in [0.5, 0.6) is 0 Å². The van der Waals surface area contributed by atoms with Gasteiger partial charge in [-0.3, -0.25) is 4.79 Å². The number of aliphatic carboxylic acids is 1. The van der Waals surface area contributed by atoms with E-state index in [2.05, 4.69) is 20.8 Å². The van der Waals surface area contributed by atoms with Crippen molar-refractivity contribution in [1.29, 1.82) is 0 Å². The lowest BCUT2D eigenvalue weighted by atomic mass is 9.78. The highest BCUT2D eigenvalue weighted by Crippen LogP contribution is 2.32. The minimum atomic E-state index is -0.705. The Morgan fingerprint density at radius 3 is 2.38 bits per heavy atom. The van der Waals surface area contributed by atoms with Gasteiger partial charge in [0.05, 0.1) is 12.0 Å². The summed E-state index contributed by atoms with van der Waals surface area (Å²) in [5.74, 6) is -0.166. The molecule has 0 heterocycles. The molecular weight excluding hydrogens is 204 g/mol. The molecule has 0 saturated heterocycles. The van der Waals surface area contributed by atoms with Gasteiger partial charge in [-0.15, -0.1) is 0 Å². The molecule has 0 rings (SSSR count). The molecule has 0 aliphatic heterocycles. The van der Waals surface area contributed by atoms with Crippen LogP contribution in [0.4, 0.5) is 0 Å². The monoisotopic (exact) mass is 230 g/mol. The largest absolute Gasteiger partial charge is 0.481 e. The quantitative estimate of drug-likeness (QED) is 0.661. The fraction of sp³-hybridized carbons (Fsp3) is 0.923. The van der Waals surface area contributed by atoms with Gasteiger partial charge in [-0.2, -0.15) is 0 Å². The van der Waals surface area contributed by atoms with Crippen molar-refractivity contribution < 1.29 is 14.6 Å². The predicted octanol–water partition coefficient (Wildman–Crippen LogP) is 3.33. The van der Waals surface area contributed by atoms with Crippen molar-refractivity contribution in [3.63, 3.8) is 0 Å². The third kappa shape index (κ3) is 4.97. The molecule has 0 amide bonds. The summed E-state index contributed by atoms with van der Waals surface area (Å²) in [5.41, 5.74) is -0.672. The van der Waals surface area contributed by atoms with Crippen LogP contribution in [0.1, 0.15) is 52.9 Å². The molecule has 3 heteroatoms. The lowest BCUT2D eigenvalue weighted by molar-refractivity contribution is -0.154. The molecule has 0 saturated carbocycles. The smallest absolute Gasteiger partial charge is 0.311 e. The first-order valence-electron chi connectivity index (χ1n) is 6.21. The summed E-state index contributed by atoms with van der Waals surface area (Å²) in [6.07, 6.45) is 4.36. The first-order chi connectivity index (χ1) is 7.48. The highest BCUT2D eigenvalue weighted by molar-refractivity contribution is 5.74. The lowest BCUT2D eigenvalue weighted by Gasteiger charge is -2.29. The van der Waals surface area contributed by atoms with Crippen LogP contribution in [0.25, 0.3) is 0 Å². The molecule has 0 fully saturated rings. The van der Waals surface area contributed by atoms with Gasteiger partial charge in [0, 0.05) is 7.11 Å². The Bertz CT molecular complexity index is 201. The van der Waals surface area contributed by atoms with Crippen molar-refractivity contribution in [1.82, 2.24) is 0 Å². The van der Waals surface area contributed by atoms with Crippen molar-refractivity contribution in [2.75, 3.05) is 13.7 Å². The van der Waals surface area contributed by atoms with Crippen LogP contribution in [0.15, 0.2) is 0 Å². The summed E-state index contributed by atoms with van der Waals surface area (Å²) in [5, 5.41) is 9.41. The Morgan fingerprint density at radius 1 is 1.38 bits per heavy atom. The van der Waals surface area contributed by atoms with Crippen LogP contribution in [0.2, 0.25) is 0 Å². The van der Waals surface area contributed by atoms with E-state index >= 15 is 0 Å². The highest BCUT2D eigenvalue weighted by Gasteiger charge is 2.37. The number of ether oxygens (including phenoxy) is 1. The Morgan fingerprint density at radius 2 is 2.00 bits per heavy atom. The minimum Gasteiger partial charge on any atom is -0.481 e. The molecule has 96 valence electrons. The Balaban J connectivity index is 4.57. The zero-order valence-electron chi connectivity index (χ0n) is 11.1. The second-order valence-corrected chi connectivity index (χ2v) is 5.05. The van der Waals surface area contributed by atoms with Crippen molar-refractivity contribution in [3.05, 3.63) is 0 Å². The fourth-order valence-corrected chi connectivity index (χ4v) is 1.90. The number of carboxylic acids is 1. The number of carbonyl (C=O) groups is 1. The SMILES string of the molecule is CCCCC(CCC(C)C)(COC)C(=O)O. The van der Waals surface area contributed by atoms with E-state index in [0.717, 1.165) is 25.7 Å². The normalized spacial score (nSPS) is 15.1. The third-order valence-electron chi connectivity index (χ3n) is 3.08. The molecule has 0 radical (unpaired) electrons. The predicted molar refractivity (Wildman–Crippen MR) is 65.5 cm³/mol. The van der Waals surface area contributed by atoms with Gasteiger partial charge in [0.2, 0.25) is 0 Å². The van der Waals surface area contributed by atoms with Gasteiger partial charge in [0.1, 0.15) is 0 Å². The number of unbranched alkanes of at least 4 members (excludes halogenated alkanes) is 1. The van der Waals surface area contributed by atoms with Crippen molar-refractivity contribution in [2.24, 2.45) is 11.3 Å². The van der Waals surface area contributed by atoms with Crippen LogP contribution < -0.4 is 0 Å². The van der Waals surface area contributed by atoms with Gasteiger partial charge in [-0.25, -0.2) is 0 Å². The van der Waals surface area contributed by atoms with Crippen LogP contribution in [-0.2, 0) is 9.53 Å². The molecule has 1 unspecified atom stereocenters. The maximum atomic E-state index is 11.4. The summed E-state index contributed by atoms with van der Waals surface area (Å²) >= 11 is 0. The van der Waals surface area contributed by atoms with Gasteiger partial charge in [0.15, 0.2) is 0 Å². The fourth-order valence-electron chi connectivity index (χ4n) is 1.90. The van der Waals surface area contributed by atoms with Crippen molar-refractivity contribution in [2.45, 2.75) is 52.9 Å². The van der Waals surface area contributed by atoms with E-state index in [1.54, 1.807) is 7.11 Å². The first-order valence-corrected chi connectivity index (χ1v) is 6.21. The summed E-state index contributed by atoms with van der Waals surface area (Å²) in [4.78, 5) is 11.4. The van der Waals surface area contributed by atoms with Crippen molar-refractivity contribution in [3.8, 4) is 0 Å². The summed E-state index contributed by atoms with van der Waals surface area (Å²) in [7, 11) is 1.58. The van der Waals surface area contributed by atoms with E-state index in [4.69, 9.17) is 4.74 Å². The zero-order valence-corrected chi connectivity index (χ0v) is 11.1. The Kier molecular flexibility index (Phi) is 7.39. The van der Waals surface area contributed by atoms with Crippen LogP contribution in [0.3, 0.4) is 0 Å². The molecule has 1 atom stereocenters. The van der Waals surface area contributed by atoms with E-state index in [1.165, 1.54) is 0 Å². The average molecular weight is 230 g/mol. The van der Waals surface area contributed by atoms with E-state index in [-0.39, 0.29) is 0 Å². The third-order valence-corrected chi connectivity index (χ3v) is 3.08. The van der Waals surface area contributed by atoms with Gasteiger partial charge >= 0.3 is 5.97 Å². The molecule has 0 bridgehead atoms. The van der Waals surface area contributed by atoms with E-state index in [1.807, 2.05) is 0 Å². The number of methoxy groups -OCH3 is 1. The maximum absolute atomic E-state index is 11.4. The second kappa shape index (κ2) is 7.66. The minimum absolute atomic E-state index is 0.328. The van der Waals surface area contributed by atoms with Crippen LogP contribution >= 0.6 is 0 Å². The molecule has 3 nitrogen and oxygen atoms in total. The Hall–Kier alpha value is -0.570. The standard InChI is InChI=1S/C13H26O3/c1-5-6-8-13(10-16-4,12(14)15)9-7-11(2)3/h11H,5-10H2,1-4H3,(H,14,15). The molecule has 0 aromatic rings. The van der Waals surface area contributed by atoms with E-state index < -0.39 is 11.4 Å². The van der Waals surface area contributed by atoms with Crippen LogP contribution in [0, 0.1) is 11.3 Å². The molecule has 16 heavy (non-hydrogen) atoms. The number of hydrogen-bond acceptors (Lipinski definition) is 2. The van der Waals surface area contributed by atoms with Gasteiger partial charge < -0.3 is 9.84 Å². The Labute approximate surface area is 99.2 Å². The van der Waals surface area contributed by atoms with Gasteiger partial charge in [-0.1, -0.05) is 33.6 Å². The number of carboxylic acid groups (broad SMARTS) is 1. The first kappa shape index (κ1) is 15.4. The average Bonchev–Trinajstić information content (AvgIpc) is 2.22. The molecule has 1 N–H and O–H groups in total. The molecular formula is C13H26O3. The van der Waals surface area contributed by atoms with Gasteiger partial charge in [-0.05, 0) is 25.2 Å².